The van der Waals surface area contributed by atoms with Gasteiger partial charge in [-0.25, -0.2) is 4.79 Å². The van der Waals surface area contributed by atoms with Crippen LogP contribution in [-0.4, -0.2) is 29.0 Å². The van der Waals surface area contributed by atoms with Crippen LogP contribution >= 0.6 is 0 Å². The van der Waals surface area contributed by atoms with Crippen molar-refractivity contribution in [3.05, 3.63) is 88.5 Å². The number of amides is 2. The molecule has 34 heavy (non-hydrogen) atoms. The second kappa shape index (κ2) is 9.41. The maximum atomic E-state index is 12.9. The number of para-hydroxylation sites is 1. The Morgan fingerprint density at radius 1 is 1.00 bits per heavy atom. The lowest BCUT2D eigenvalue weighted by Gasteiger charge is -2.20. The van der Waals surface area contributed by atoms with Gasteiger partial charge in [-0.3, -0.25) is 19.7 Å². The first-order valence-corrected chi connectivity index (χ1v) is 10.3. The van der Waals surface area contributed by atoms with E-state index in [9.17, 15) is 24.5 Å². The summed E-state index contributed by atoms with van der Waals surface area (Å²) >= 11 is 0. The van der Waals surface area contributed by atoms with Crippen LogP contribution in [0.5, 0.6) is 5.75 Å². The summed E-state index contributed by atoms with van der Waals surface area (Å²) in [7, 11) is 0. The highest BCUT2D eigenvalue weighted by Crippen LogP contribution is 2.37. The van der Waals surface area contributed by atoms with E-state index >= 15 is 0 Å². The quantitative estimate of drug-likeness (QED) is 0.254. The number of carbonyl (C=O) groups excluding carboxylic acids is 3. The summed E-state index contributed by atoms with van der Waals surface area (Å²) in [4.78, 5) is 47.9. The number of nitrogens with zero attached hydrogens (tertiary/aromatic N) is 1. The Balaban J connectivity index is 1.45. The summed E-state index contributed by atoms with van der Waals surface area (Å²) < 4.78 is 9.97. The lowest BCUT2D eigenvalue weighted by molar-refractivity contribution is -0.384. The Kier molecular flexibility index (Phi) is 6.22. The molecular weight excluding hydrogens is 442 g/mol. The summed E-state index contributed by atoms with van der Waals surface area (Å²) in [5.74, 6) is -1.13. The summed E-state index contributed by atoms with van der Waals surface area (Å²) in [6, 6.07) is 18.3. The zero-order chi connectivity index (χ0) is 24.2. The molecule has 0 bridgehead atoms. The average molecular weight is 461 g/mol. The Morgan fingerprint density at radius 2 is 1.65 bits per heavy atom. The number of nitrogens with one attached hydrogen (secondary N) is 2. The number of nitro groups is 1. The molecule has 0 saturated heterocycles. The van der Waals surface area contributed by atoms with Gasteiger partial charge in [-0.2, -0.15) is 0 Å². The molecule has 4 rings (SSSR count). The number of carbonyl (C=O) groups is 3. The van der Waals surface area contributed by atoms with Gasteiger partial charge in [0.25, 0.3) is 17.5 Å². The standard InChI is InChI=1S/C24H19N3O7/c1-14(33-24(30)34-16-12-10-15(11-13-16)27(31)32)22(28)26-21-19-8-3-2-6-17(19)18-7-4-5-9-20(18)25-23(21)29/h2-14,21H,1H3,(H,25,29)(H,26,28)/t14-,21-/m0/s1. The second-order valence-electron chi connectivity index (χ2n) is 7.43. The van der Waals surface area contributed by atoms with E-state index in [-0.39, 0.29) is 11.4 Å². The fourth-order valence-electron chi connectivity index (χ4n) is 3.52. The van der Waals surface area contributed by atoms with Gasteiger partial charge in [0.1, 0.15) is 11.8 Å². The molecule has 1 aliphatic heterocycles. The molecule has 0 aliphatic carbocycles. The number of non-ortho nitro benzene ring substituents is 1. The van der Waals surface area contributed by atoms with E-state index in [4.69, 9.17) is 9.47 Å². The minimum Gasteiger partial charge on any atom is -0.421 e. The van der Waals surface area contributed by atoms with Crippen LogP contribution in [0.15, 0.2) is 72.8 Å². The highest BCUT2D eigenvalue weighted by Gasteiger charge is 2.31. The maximum Gasteiger partial charge on any atom is 0.514 e. The second-order valence-corrected chi connectivity index (χ2v) is 7.43. The van der Waals surface area contributed by atoms with E-state index in [0.717, 1.165) is 11.1 Å². The number of benzene rings is 3. The van der Waals surface area contributed by atoms with Crippen molar-refractivity contribution >= 4 is 29.3 Å². The zero-order valence-corrected chi connectivity index (χ0v) is 17.9. The SMILES string of the molecule is C[C@H](OC(=O)Oc1ccc([N+](=O)[O-])cc1)C(=O)N[C@@H]1C(=O)Nc2ccccc2-c2ccccc21. The van der Waals surface area contributed by atoms with E-state index in [2.05, 4.69) is 10.6 Å². The van der Waals surface area contributed by atoms with Gasteiger partial charge in [0, 0.05) is 23.4 Å². The molecule has 2 amide bonds. The van der Waals surface area contributed by atoms with Gasteiger partial charge in [-0.05, 0) is 36.2 Å². The lowest BCUT2D eigenvalue weighted by atomic mass is 9.95. The molecule has 0 unspecified atom stereocenters. The van der Waals surface area contributed by atoms with Crippen LogP contribution in [0.25, 0.3) is 11.1 Å². The predicted octanol–water partition coefficient (Wildman–Crippen LogP) is 3.98. The monoisotopic (exact) mass is 461 g/mol. The van der Waals surface area contributed by atoms with Crippen LogP contribution in [-0.2, 0) is 14.3 Å². The van der Waals surface area contributed by atoms with Crippen molar-refractivity contribution in [3.8, 4) is 16.9 Å². The summed E-state index contributed by atoms with van der Waals surface area (Å²) in [6.45, 7) is 1.34. The molecule has 0 radical (unpaired) electrons. The number of rotatable bonds is 5. The van der Waals surface area contributed by atoms with Crippen LogP contribution in [0.2, 0.25) is 0 Å². The van der Waals surface area contributed by atoms with Crippen LogP contribution in [0, 0.1) is 10.1 Å². The van der Waals surface area contributed by atoms with E-state index in [1.165, 1.54) is 31.2 Å². The van der Waals surface area contributed by atoms with Gasteiger partial charge in [-0.1, -0.05) is 42.5 Å². The normalized spacial score (nSPS) is 15.0. The van der Waals surface area contributed by atoms with Crippen molar-refractivity contribution in [2.24, 2.45) is 0 Å². The minimum absolute atomic E-state index is 0.0121. The maximum absolute atomic E-state index is 12.9. The third kappa shape index (κ3) is 4.70. The number of fused-ring (bicyclic) bond motifs is 3. The number of ether oxygens (including phenoxy) is 2. The third-order valence-corrected chi connectivity index (χ3v) is 5.19. The van der Waals surface area contributed by atoms with Crippen LogP contribution in [0.1, 0.15) is 18.5 Å². The van der Waals surface area contributed by atoms with E-state index in [0.29, 0.717) is 11.3 Å². The fourth-order valence-corrected chi connectivity index (χ4v) is 3.52. The smallest absolute Gasteiger partial charge is 0.421 e. The zero-order valence-electron chi connectivity index (χ0n) is 17.9. The van der Waals surface area contributed by atoms with Gasteiger partial charge in [-0.15, -0.1) is 0 Å². The molecule has 0 fully saturated rings. The molecule has 3 aromatic carbocycles. The Labute approximate surface area is 193 Å². The minimum atomic E-state index is -1.28. The van der Waals surface area contributed by atoms with Crippen molar-refractivity contribution in [2.45, 2.75) is 19.1 Å². The number of nitro benzene ring substituents is 1. The largest absolute Gasteiger partial charge is 0.514 e. The van der Waals surface area contributed by atoms with Crippen molar-refractivity contribution < 1.29 is 28.8 Å². The number of hydrogen-bond donors (Lipinski definition) is 2. The molecule has 3 aromatic rings. The van der Waals surface area contributed by atoms with Gasteiger partial charge >= 0.3 is 6.16 Å². The van der Waals surface area contributed by atoms with Crippen LogP contribution < -0.4 is 15.4 Å². The van der Waals surface area contributed by atoms with Gasteiger partial charge in [0.2, 0.25) is 0 Å². The number of hydrogen-bond acceptors (Lipinski definition) is 7. The van der Waals surface area contributed by atoms with E-state index in [1.807, 2.05) is 24.3 Å². The van der Waals surface area contributed by atoms with Crippen molar-refractivity contribution in [3.63, 3.8) is 0 Å². The molecule has 0 aromatic heterocycles. The van der Waals surface area contributed by atoms with Gasteiger partial charge < -0.3 is 20.1 Å². The van der Waals surface area contributed by atoms with Crippen LogP contribution in [0.4, 0.5) is 16.2 Å². The van der Waals surface area contributed by atoms with Crippen molar-refractivity contribution in [2.75, 3.05) is 5.32 Å². The van der Waals surface area contributed by atoms with E-state index < -0.39 is 35.0 Å². The highest BCUT2D eigenvalue weighted by atomic mass is 16.7. The summed E-state index contributed by atoms with van der Waals surface area (Å²) in [5.41, 5.74) is 2.65. The van der Waals surface area contributed by atoms with Crippen LogP contribution in [0.3, 0.4) is 0 Å². The lowest BCUT2D eigenvalue weighted by Crippen LogP contribution is -2.42. The van der Waals surface area contributed by atoms with Gasteiger partial charge in [0.15, 0.2) is 6.10 Å². The molecule has 10 nitrogen and oxygen atoms in total. The Morgan fingerprint density at radius 3 is 2.35 bits per heavy atom. The first kappa shape index (κ1) is 22.5. The molecule has 10 heteroatoms. The van der Waals surface area contributed by atoms with Crippen molar-refractivity contribution in [1.29, 1.82) is 0 Å². The number of anilines is 1. The molecule has 2 N–H and O–H groups in total. The average Bonchev–Trinajstić information content (AvgIpc) is 2.94. The van der Waals surface area contributed by atoms with Gasteiger partial charge in [0.05, 0.1) is 4.92 Å². The molecule has 2 atom stereocenters. The first-order chi connectivity index (χ1) is 16.3. The van der Waals surface area contributed by atoms with E-state index in [1.54, 1.807) is 24.3 Å². The fraction of sp³-hybridized carbons (Fsp3) is 0.125. The molecule has 0 saturated carbocycles. The predicted molar refractivity (Wildman–Crippen MR) is 121 cm³/mol. The Bertz CT molecular complexity index is 1270. The molecule has 1 aliphatic rings. The topological polar surface area (TPSA) is 137 Å². The molecular formula is C24H19N3O7. The summed E-state index contributed by atoms with van der Waals surface area (Å²) in [5, 5.41) is 16.1. The Hall–Kier alpha value is -4.73. The molecule has 0 spiro atoms. The molecule has 1 heterocycles. The van der Waals surface area contributed by atoms with Crippen molar-refractivity contribution in [1.82, 2.24) is 5.32 Å². The summed E-state index contributed by atoms with van der Waals surface area (Å²) in [6.07, 6.45) is -2.45. The first-order valence-electron chi connectivity index (χ1n) is 10.3. The molecule has 172 valence electrons. The third-order valence-electron chi connectivity index (χ3n) is 5.19. The highest BCUT2D eigenvalue weighted by molar-refractivity contribution is 6.04.